The van der Waals surface area contributed by atoms with Gasteiger partial charge in [0.2, 0.25) is 0 Å². The lowest BCUT2D eigenvalue weighted by Gasteiger charge is -2.26. The third-order valence-corrected chi connectivity index (χ3v) is 5.09. The number of aryl methyl sites for hydroxylation is 1. The zero-order valence-electron chi connectivity index (χ0n) is 16.0. The summed E-state index contributed by atoms with van der Waals surface area (Å²) in [6.07, 6.45) is 4.14. The summed E-state index contributed by atoms with van der Waals surface area (Å²) >= 11 is 0. The van der Waals surface area contributed by atoms with E-state index in [0.717, 1.165) is 41.3 Å². The molecular weight excluding hydrogens is 372 g/mol. The van der Waals surface area contributed by atoms with Crippen molar-refractivity contribution < 1.29 is 19.2 Å². The molecule has 29 heavy (non-hydrogen) atoms. The minimum Gasteiger partial charge on any atom is -0.489 e. The van der Waals surface area contributed by atoms with E-state index in [-0.39, 0.29) is 24.4 Å². The number of nitrogens with zero attached hydrogens (tertiary/aromatic N) is 2. The highest BCUT2D eigenvalue weighted by Crippen LogP contribution is 2.38. The fourth-order valence-corrected chi connectivity index (χ4v) is 3.82. The summed E-state index contributed by atoms with van der Waals surface area (Å²) in [7, 11) is 0. The van der Waals surface area contributed by atoms with Crippen molar-refractivity contribution in [3.05, 3.63) is 75.5 Å². The first-order chi connectivity index (χ1) is 14.0. The van der Waals surface area contributed by atoms with Crippen molar-refractivity contribution in [3.63, 3.8) is 0 Å². The van der Waals surface area contributed by atoms with E-state index in [1.807, 2.05) is 18.3 Å². The number of carbonyl (C=O) groups excluding carboxylic acids is 1. The second kappa shape index (κ2) is 7.87. The first kappa shape index (κ1) is 18.9. The van der Waals surface area contributed by atoms with E-state index in [1.165, 1.54) is 13.0 Å². The van der Waals surface area contributed by atoms with Gasteiger partial charge in [-0.3, -0.25) is 19.9 Å². The molecule has 0 saturated heterocycles. The van der Waals surface area contributed by atoms with Gasteiger partial charge in [0.1, 0.15) is 18.5 Å². The van der Waals surface area contributed by atoms with Crippen molar-refractivity contribution in [1.29, 1.82) is 0 Å². The zero-order valence-corrected chi connectivity index (χ0v) is 16.0. The van der Waals surface area contributed by atoms with E-state index >= 15 is 0 Å². The molecule has 0 spiro atoms. The maximum atomic E-state index is 11.6. The Morgan fingerprint density at radius 1 is 1.28 bits per heavy atom. The summed E-state index contributed by atoms with van der Waals surface area (Å²) in [5.74, 6) is 0.273. The summed E-state index contributed by atoms with van der Waals surface area (Å²) in [6, 6.07) is 12.0. The summed E-state index contributed by atoms with van der Waals surface area (Å²) < 4.78 is 11.4. The van der Waals surface area contributed by atoms with Gasteiger partial charge in [0, 0.05) is 30.1 Å². The van der Waals surface area contributed by atoms with E-state index in [1.54, 1.807) is 24.3 Å². The van der Waals surface area contributed by atoms with Gasteiger partial charge in [0.25, 0.3) is 5.69 Å². The van der Waals surface area contributed by atoms with E-state index in [0.29, 0.717) is 11.3 Å². The molecule has 0 N–H and O–H groups in total. The number of rotatable bonds is 5. The molecule has 1 aromatic heterocycles. The number of hydrogen-bond donors (Lipinski definition) is 0. The molecule has 4 rings (SSSR count). The number of carbonyl (C=O) groups is 1. The number of pyridine rings is 1. The third kappa shape index (κ3) is 3.89. The quantitative estimate of drug-likeness (QED) is 0.356. The molecule has 1 aliphatic rings. The van der Waals surface area contributed by atoms with Crippen LogP contribution in [0.4, 0.5) is 5.69 Å². The normalized spacial score (nSPS) is 15.6. The lowest BCUT2D eigenvalue weighted by molar-refractivity contribution is -0.385. The van der Waals surface area contributed by atoms with Gasteiger partial charge in [-0.1, -0.05) is 12.1 Å². The van der Waals surface area contributed by atoms with Crippen molar-refractivity contribution in [1.82, 2.24) is 4.98 Å². The maximum absolute atomic E-state index is 11.6. The predicted molar refractivity (Wildman–Crippen MR) is 107 cm³/mol. The predicted octanol–water partition coefficient (Wildman–Crippen LogP) is 4.66. The Bertz CT molecular complexity index is 1100. The molecule has 148 valence electrons. The number of aromatic nitrogens is 1. The van der Waals surface area contributed by atoms with Crippen LogP contribution in [0.1, 0.15) is 42.6 Å². The Labute approximate surface area is 167 Å². The van der Waals surface area contributed by atoms with Crippen molar-refractivity contribution in [2.24, 2.45) is 0 Å². The fraction of sp³-hybridized carbons (Fsp3) is 0.273. The van der Waals surface area contributed by atoms with E-state index in [2.05, 4.69) is 4.98 Å². The number of ether oxygens (including phenoxy) is 2. The number of fused-ring (bicyclic) bond motifs is 3. The van der Waals surface area contributed by atoms with Crippen LogP contribution in [0.15, 0.2) is 48.7 Å². The van der Waals surface area contributed by atoms with Gasteiger partial charge in [-0.25, -0.2) is 0 Å². The second-order valence-corrected chi connectivity index (χ2v) is 7.04. The van der Waals surface area contributed by atoms with Crippen LogP contribution in [0.3, 0.4) is 0 Å². The van der Waals surface area contributed by atoms with E-state index in [9.17, 15) is 14.9 Å². The Hall–Kier alpha value is -3.48. The number of para-hydroxylation sites is 1. The van der Waals surface area contributed by atoms with Crippen LogP contribution in [0, 0.1) is 10.1 Å². The van der Waals surface area contributed by atoms with Crippen LogP contribution in [0.25, 0.3) is 10.9 Å². The highest BCUT2D eigenvalue weighted by atomic mass is 16.6. The van der Waals surface area contributed by atoms with Crippen molar-refractivity contribution in [2.45, 2.75) is 38.9 Å². The first-order valence-electron chi connectivity index (χ1n) is 9.47. The summed E-state index contributed by atoms with van der Waals surface area (Å²) in [6.45, 7) is 1.50. The van der Waals surface area contributed by atoms with Crippen molar-refractivity contribution >= 4 is 22.6 Å². The monoisotopic (exact) mass is 392 g/mol. The molecule has 1 atom stereocenters. The largest absolute Gasteiger partial charge is 0.489 e. The number of hydrogen-bond acceptors (Lipinski definition) is 6. The number of esters is 1. The molecule has 2 aromatic carbocycles. The minimum atomic E-state index is -0.414. The zero-order chi connectivity index (χ0) is 20.4. The molecule has 7 nitrogen and oxygen atoms in total. The smallest absolute Gasteiger partial charge is 0.303 e. The van der Waals surface area contributed by atoms with Gasteiger partial charge in [0.05, 0.1) is 16.0 Å². The topological polar surface area (TPSA) is 91.6 Å². The van der Waals surface area contributed by atoms with Crippen LogP contribution in [0.2, 0.25) is 0 Å². The van der Waals surface area contributed by atoms with Gasteiger partial charge in [-0.05, 0) is 49.1 Å². The molecule has 0 bridgehead atoms. The maximum Gasteiger partial charge on any atom is 0.303 e. The molecule has 3 aromatic rings. The Kier molecular flexibility index (Phi) is 5.12. The van der Waals surface area contributed by atoms with Gasteiger partial charge >= 0.3 is 5.97 Å². The van der Waals surface area contributed by atoms with Crippen molar-refractivity contribution in [3.8, 4) is 5.75 Å². The fourth-order valence-electron chi connectivity index (χ4n) is 3.82. The first-order valence-corrected chi connectivity index (χ1v) is 9.47. The molecule has 0 amide bonds. The highest BCUT2D eigenvalue weighted by molar-refractivity contribution is 5.85. The minimum absolute atomic E-state index is 0.0299. The van der Waals surface area contributed by atoms with Crippen molar-refractivity contribution in [2.75, 3.05) is 0 Å². The average Bonchev–Trinajstić information content (AvgIpc) is 2.71. The standard InChI is InChI=1S/C22H20N2O5/c1-14(25)29-21-8-4-6-15-12-23-19-10-9-17(11-18(19)22(15)21)28-13-16-5-2-3-7-20(16)24(26)27/h2-3,5,7,9-12,21H,4,6,8,13H2,1H3. The Morgan fingerprint density at radius 2 is 2.10 bits per heavy atom. The number of nitro groups is 1. The molecular formula is C22H20N2O5. The number of benzene rings is 2. The molecule has 0 saturated carbocycles. The van der Waals surface area contributed by atoms with Crippen LogP contribution in [0.5, 0.6) is 5.75 Å². The van der Waals surface area contributed by atoms with Gasteiger partial charge in [0.15, 0.2) is 0 Å². The van der Waals surface area contributed by atoms with Gasteiger partial charge < -0.3 is 9.47 Å². The average molecular weight is 392 g/mol. The van der Waals surface area contributed by atoms with E-state index in [4.69, 9.17) is 9.47 Å². The summed E-state index contributed by atoms with van der Waals surface area (Å²) in [4.78, 5) is 26.9. The Morgan fingerprint density at radius 3 is 2.90 bits per heavy atom. The van der Waals surface area contributed by atoms with Crippen LogP contribution in [-0.2, 0) is 22.6 Å². The lowest BCUT2D eigenvalue weighted by Crippen LogP contribution is -2.16. The van der Waals surface area contributed by atoms with Crippen LogP contribution >= 0.6 is 0 Å². The number of nitro benzene ring substituents is 1. The Balaban J connectivity index is 1.67. The third-order valence-electron chi connectivity index (χ3n) is 5.09. The van der Waals surface area contributed by atoms with Crippen LogP contribution in [-0.4, -0.2) is 15.9 Å². The lowest BCUT2D eigenvalue weighted by atomic mass is 9.88. The summed E-state index contributed by atoms with van der Waals surface area (Å²) in [5, 5.41) is 12.1. The molecule has 0 fully saturated rings. The highest BCUT2D eigenvalue weighted by Gasteiger charge is 2.25. The summed E-state index contributed by atoms with van der Waals surface area (Å²) in [5.41, 5.74) is 3.38. The molecule has 1 aliphatic carbocycles. The molecule has 7 heteroatoms. The molecule has 1 heterocycles. The second-order valence-electron chi connectivity index (χ2n) is 7.04. The van der Waals surface area contributed by atoms with E-state index < -0.39 is 4.92 Å². The SMILES string of the molecule is CC(=O)OC1CCCc2cnc3ccc(OCc4ccccc4[N+](=O)[O-])cc3c21. The van der Waals surface area contributed by atoms with Gasteiger partial charge in [-0.2, -0.15) is 0 Å². The van der Waals surface area contributed by atoms with Crippen LogP contribution < -0.4 is 4.74 Å². The molecule has 1 unspecified atom stereocenters. The molecule has 0 radical (unpaired) electrons. The molecule has 0 aliphatic heterocycles. The van der Waals surface area contributed by atoms with Gasteiger partial charge in [-0.15, -0.1) is 0 Å².